The molecule has 1 fully saturated rings. The lowest BCUT2D eigenvalue weighted by molar-refractivity contribution is -0.149. The summed E-state index contributed by atoms with van der Waals surface area (Å²) in [7, 11) is 1.34. The fourth-order valence-corrected chi connectivity index (χ4v) is 2.74. The Morgan fingerprint density at radius 1 is 1.48 bits per heavy atom. The molecule has 2 N–H and O–H groups in total. The fraction of sp³-hybridized carbons (Fsp3) is 0.471. The number of nitrogens with zero attached hydrogens (tertiary/aromatic N) is 1. The topological polar surface area (TPSA) is 95.9 Å². The SMILES string of the molecule is COCC(C)(NC(=O)C1CC(=O)N(c2ccc(F)c(C)c2)C1)C(=O)O. The third-order valence-corrected chi connectivity index (χ3v) is 4.25. The van der Waals surface area contributed by atoms with Crippen LogP contribution in [0.15, 0.2) is 18.2 Å². The molecule has 2 amide bonds. The molecule has 136 valence electrons. The molecule has 7 nitrogen and oxygen atoms in total. The van der Waals surface area contributed by atoms with Crippen molar-refractivity contribution >= 4 is 23.5 Å². The second kappa shape index (κ2) is 7.18. The largest absolute Gasteiger partial charge is 0.479 e. The first-order valence-electron chi connectivity index (χ1n) is 7.79. The highest BCUT2D eigenvalue weighted by Crippen LogP contribution is 2.27. The van der Waals surface area contributed by atoms with Gasteiger partial charge in [0.2, 0.25) is 11.8 Å². The number of methoxy groups -OCH3 is 1. The Bertz CT molecular complexity index is 708. The van der Waals surface area contributed by atoms with Crippen molar-refractivity contribution in [2.45, 2.75) is 25.8 Å². The van der Waals surface area contributed by atoms with E-state index in [0.717, 1.165) is 0 Å². The second-order valence-electron chi connectivity index (χ2n) is 6.40. The number of aryl methyl sites for hydroxylation is 1. The van der Waals surface area contributed by atoms with Crippen LogP contribution >= 0.6 is 0 Å². The van der Waals surface area contributed by atoms with Gasteiger partial charge in [-0.2, -0.15) is 0 Å². The maximum atomic E-state index is 13.4. The Kier molecular flexibility index (Phi) is 5.42. The lowest BCUT2D eigenvalue weighted by Crippen LogP contribution is -2.56. The van der Waals surface area contributed by atoms with Crippen LogP contribution in [0.4, 0.5) is 10.1 Å². The molecular weight excluding hydrogens is 331 g/mol. The Morgan fingerprint density at radius 3 is 2.72 bits per heavy atom. The number of aliphatic carboxylic acids is 1. The minimum Gasteiger partial charge on any atom is -0.479 e. The van der Waals surface area contributed by atoms with Crippen LogP contribution < -0.4 is 10.2 Å². The van der Waals surface area contributed by atoms with Gasteiger partial charge in [-0.3, -0.25) is 9.59 Å². The van der Waals surface area contributed by atoms with Gasteiger partial charge in [-0.25, -0.2) is 9.18 Å². The third kappa shape index (κ3) is 3.96. The number of carboxylic acid groups (broad SMARTS) is 1. The van der Waals surface area contributed by atoms with Crippen molar-refractivity contribution in [3.63, 3.8) is 0 Å². The Morgan fingerprint density at radius 2 is 2.16 bits per heavy atom. The number of hydrogen-bond donors (Lipinski definition) is 2. The van der Waals surface area contributed by atoms with Gasteiger partial charge in [0, 0.05) is 25.8 Å². The summed E-state index contributed by atoms with van der Waals surface area (Å²) < 4.78 is 18.2. The summed E-state index contributed by atoms with van der Waals surface area (Å²) in [6.07, 6.45) is -0.0368. The predicted molar refractivity (Wildman–Crippen MR) is 87.7 cm³/mol. The molecule has 2 atom stereocenters. The monoisotopic (exact) mass is 352 g/mol. The highest BCUT2D eigenvalue weighted by molar-refractivity contribution is 6.01. The summed E-state index contributed by atoms with van der Waals surface area (Å²) in [5.41, 5.74) is -0.664. The maximum Gasteiger partial charge on any atom is 0.331 e. The molecule has 0 saturated carbocycles. The number of carboxylic acids is 1. The molecule has 0 bridgehead atoms. The van der Waals surface area contributed by atoms with Crippen LogP contribution in [0.1, 0.15) is 18.9 Å². The lowest BCUT2D eigenvalue weighted by atomic mass is 10.0. The van der Waals surface area contributed by atoms with Gasteiger partial charge < -0.3 is 20.1 Å². The third-order valence-electron chi connectivity index (χ3n) is 4.25. The Balaban J connectivity index is 2.12. The molecule has 1 heterocycles. The van der Waals surface area contributed by atoms with Gasteiger partial charge in [0.05, 0.1) is 12.5 Å². The fourth-order valence-electron chi connectivity index (χ4n) is 2.74. The van der Waals surface area contributed by atoms with E-state index in [0.29, 0.717) is 11.3 Å². The molecule has 0 spiro atoms. The van der Waals surface area contributed by atoms with E-state index in [1.807, 2.05) is 0 Å². The van der Waals surface area contributed by atoms with E-state index in [-0.39, 0.29) is 31.3 Å². The number of ether oxygens (including phenoxy) is 1. The number of anilines is 1. The molecule has 2 rings (SSSR count). The number of nitrogens with one attached hydrogen (secondary N) is 1. The molecule has 0 aliphatic carbocycles. The van der Waals surface area contributed by atoms with E-state index in [9.17, 15) is 23.9 Å². The zero-order chi connectivity index (χ0) is 18.8. The van der Waals surface area contributed by atoms with Crippen LogP contribution in [0.25, 0.3) is 0 Å². The number of hydrogen-bond acceptors (Lipinski definition) is 4. The molecule has 1 aliphatic rings. The lowest BCUT2D eigenvalue weighted by Gasteiger charge is -2.26. The van der Waals surface area contributed by atoms with Crippen LogP contribution in [-0.4, -0.2) is 48.7 Å². The highest BCUT2D eigenvalue weighted by atomic mass is 19.1. The van der Waals surface area contributed by atoms with Gasteiger partial charge in [-0.05, 0) is 37.6 Å². The van der Waals surface area contributed by atoms with Crippen molar-refractivity contribution in [1.29, 1.82) is 0 Å². The van der Waals surface area contributed by atoms with E-state index >= 15 is 0 Å². The number of benzene rings is 1. The van der Waals surface area contributed by atoms with Crippen LogP contribution in [0, 0.1) is 18.7 Å². The number of carbonyl (C=O) groups is 3. The standard InChI is InChI=1S/C17H21FN2O5/c1-10-6-12(4-5-13(10)18)20-8-11(7-14(20)21)15(22)19-17(2,9-25-3)16(23)24/h4-6,11H,7-9H2,1-3H3,(H,19,22)(H,23,24). The summed E-state index contributed by atoms with van der Waals surface area (Å²) in [5, 5.41) is 11.7. The minimum absolute atomic E-state index is 0.0368. The average molecular weight is 352 g/mol. The molecule has 8 heteroatoms. The molecule has 1 aliphatic heterocycles. The van der Waals surface area contributed by atoms with Crippen molar-refractivity contribution in [3.8, 4) is 0 Å². The molecule has 1 aromatic rings. The number of carbonyl (C=O) groups excluding carboxylic acids is 2. The molecule has 0 radical (unpaired) electrons. The average Bonchev–Trinajstić information content (AvgIpc) is 2.92. The highest BCUT2D eigenvalue weighted by Gasteiger charge is 2.41. The van der Waals surface area contributed by atoms with Crippen molar-refractivity contribution < 1.29 is 28.6 Å². The normalized spacial score (nSPS) is 19.6. The van der Waals surface area contributed by atoms with Gasteiger partial charge in [-0.15, -0.1) is 0 Å². The number of amides is 2. The first kappa shape index (κ1) is 18.9. The minimum atomic E-state index is -1.57. The molecule has 1 aromatic carbocycles. The molecular formula is C17H21FN2O5. The van der Waals surface area contributed by atoms with E-state index < -0.39 is 23.3 Å². The quantitative estimate of drug-likeness (QED) is 0.799. The first-order chi connectivity index (χ1) is 11.7. The van der Waals surface area contributed by atoms with E-state index in [4.69, 9.17) is 4.74 Å². The Labute approximate surface area is 144 Å². The summed E-state index contributed by atoms with van der Waals surface area (Å²) >= 11 is 0. The van der Waals surface area contributed by atoms with E-state index in [2.05, 4.69) is 5.32 Å². The zero-order valence-corrected chi connectivity index (χ0v) is 14.3. The van der Waals surface area contributed by atoms with Crippen molar-refractivity contribution in [2.24, 2.45) is 5.92 Å². The summed E-state index contributed by atoms with van der Waals surface area (Å²) in [4.78, 5) is 37.4. The summed E-state index contributed by atoms with van der Waals surface area (Å²) in [5.74, 6) is -3.08. The van der Waals surface area contributed by atoms with Crippen molar-refractivity contribution in [2.75, 3.05) is 25.2 Å². The van der Waals surface area contributed by atoms with Crippen LogP contribution in [0.2, 0.25) is 0 Å². The summed E-state index contributed by atoms with van der Waals surface area (Å²) in [6.45, 7) is 2.84. The predicted octanol–water partition coefficient (Wildman–Crippen LogP) is 1.09. The second-order valence-corrected chi connectivity index (χ2v) is 6.40. The smallest absolute Gasteiger partial charge is 0.331 e. The molecule has 25 heavy (non-hydrogen) atoms. The maximum absolute atomic E-state index is 13.4. The molecule has 2 unspecified atom stereocenters. The van der Waals surface area contributed by atoms with Crippen molar-refractivity contribution in [3.05, 3.63) is 29.6 Å². The Hall–Kier alpha value is -2.48. The van der Waals surface area contributed by atoms with Gasteiger partial charge in [0.15, 0.2) is 5.54 Å². The van der Waals surface area contributed by atoms with E-state index in [1.54, 1.807) is 13.0 Å². The zero-order valence-electron chi connectivity index (χ0n) is 14.3. The number of halogens is 1. The van der Waals surface area contributed by atoms with Gasteiger partial charge in [0.1, 0.15) is 5.82 Å². The van der Waals surface area contributed by atoms with Gasteiger partial charge >= 0.3 is 5.97 Å². The van der Waals surface area contributed by atoms with Crippen LogP contribution in [0.3, 0.4) is 0 Å². The van der Waals surface area contributed by atoms with Gasteiger partial charge in [-0.1, -0.05) is 0 Å². The van der Waals surface area contributed by atoms with Crippen LogP contribution in [0.5, 0.6) is 0 Å². The first-order valence-corrected chi connectivity index (χ1v) is 7.79. The van der Waals surface area contributed by atoms with E-state index in [1.165, 1.54) is 31.1 Å². The molecule has 0 aromatic heterocycles. The molecule has 1 saturated heterocycles. The van der Waals surface area contributed by atoms with Gasteiger partial charge in [0.25, 0.3) is 0 Å². The number of rotatable bonds is 6. The summed E-state index contributed by atoms with van der Waals surface area (Å²) in [6, 6.07) is 4.29. The van der Waals surface area contributed by atoms with Crippen LogP contribution in [-0.2, 0) is 19.1 Å². The van der Waals surface area contributed by atoms with Crippen molar-refractivity contribution in [1.82, 2.24) is 5.32 Å².